The van der Waals surface area contributed by atoms with E-state index in [1.54, 1.807) is 7.11 Å². The van der Waals surface area contributed by atoms with E-state index in [1.807, 2.05) is 36.4 Å². The van der Waals surface area contributed by atoms with E-state index in [0.29, 0.717) is 0 Å². The van der Waals surface area contributed by atoms with Crippen LogP contribution >= 0.6 is 0 Å². The van der Waals surface area contributed by atoms with Crippen molar-refractivity contribution in [3.63, 3.8) is 0 Å². The van der Waals surface area contributed by atoms with Crippen LogP contribution in [0.1, 0.15) is 47.1 Å². The van der Waals surface area contributed by atoms with Crippen molar-refractivity contribution in [2.45, 2.75) is 46.7 Å². The molecule has 30 heavy (non-hydrogen) atoms. The van der Waals surface area contributed by atoms with E-state index < -0.39 is 0 Å². The van der Waals surface area contributed by atoms with Crippen LogP contribution in [0.15, 0.2) is 36.4 Å². The summed E-state index contributed by atoms with van der Waals surface area (Å²) in [6, 6.07) is 12.0. The fourth-order valence-corrected chi connectivity index (χ4v) is 4.65. The predicted molar refractivity (Wildman–Crippen MR) is 120 cm³/mol. The van der Waals surface area contributed by atoms with Crippen molar-refractivity contribution in [3.05, 3.63) is 58.9 Å². The van der Waals surface area contributed by atoms with Crippen LogP contribution in [0.3, 0.4) is 0 Å². The normalized spacial score (nSPS) is 17.4. The number of fused-ring (bicyclic) bond motifs is 1. The van der Waals surface area contributed by atoms with Gasteiger partial charge in [-0.25, -0.2) is 0 Å². The molecule has 1 aliphatic rings. The van der Waals surface area contributed by atoms with E-state index in [0.717, 1.165) is 66.8 Å². The summed E-state index contributed by atoms with van der Waals surface area (Å²) in [4.78, 5) is 15.7. The van der Waals surface area contributed by atoms with Gasteiger partial charge in [0.05, 0.1) is 12.8 Å². The summed E-state index contributed by atoms with van der Waals surface area (Å²) < 4.78 is 7.37. The van der Waals surface area contributed by atoms with E-state index in [1.165, 1.54) is 11.3 Å². The van der Waals surface area contributed by atoms with Crippen LogP contribution in [0.25, 0.3) is 10.8 Å². The predicted octanol–water partition coefficient (Wildman–Crippen LogP) is 4.78. The molecule has 2 aromatic carbocycles. The largest absolute Gasteiger partial charge is 0.497 e. The zero-order valence-electron chi connectivity index (χ0n) is 18.4. The lowest BCUT2D eigenvalue weighted by molar-refractivity contribution is 0.0811. The molecule has 158 valence electrons. The number of nitrogens with zero attached hydrogens (tertiary/aromatic N) is 3. The number of benzene rings is 2. The molecule has 1 fully saturated rings. The highest BCUT2D eigenvalue weighted by Gasteiger charge is 2.27. The average Bonchev–Trinajstić information content (AvgIpc) is 3.05. The Morgan fingerprint density at radius 2 is 1.93 bits per heavy atom. The van der Waals surface area contributed by atoms with Gasteiger partial charge in [0.25, 0.3) is 0 Å². The summed E-state index contributed by atoms with van der Waals surface area (Å²) in [6.07, 6.45) is 2.02. The number of ether oxygens (including phenoxy) is 1. The molecule has 1 saturated heterocycles. The number of hydrogen-bond donors (Lipinski definition) is 0. The van der Waals surface area contributed by atoms with Crippen molar-refractivity contribution in [2.24, 2.45) is 5.92 Å². The smallest absolute Gasteiger partial charge is 0.167 e. The minimum Gasteiger partial charge on any atom is -0.497 e. The molecule has 1 aromatic heterocycles. The van der Waals surface area contributed by atoms with E-state index in [2.05, 4.69) is 35.5 Å². The van der Waals surface area contributed by atoms with Crippen LogP contribution in [0.5, 0.6) is 5.75 Å². The summed E-state index contributed by atoms with van der Waals surface area (Å²) >= 11 is 0. The maximum absolute atomic E-state index is 13.3. The van der Waals surface area contributed by atoms with E-state index >= 15 is 0 Å². The van der Waals surface area contributed by atoms with Crippen LogP contribution < -0.4 is 4.74 Å². The Kier molecular flexibility index (Phi) is 5.91. The number of hydrogen-bond acceptors (Lipinski definition) is 4. The first-order valence-electron chi connectivity index (χ1n) is 10.9. The van der Waals surface area contributed by atoms with Gasteiger partial charge in [0, 0.05) is 42.4 Å². The third-order valence-corrected chi connectivity index (χ3v) is 6.42. The number of carbonyl (C=O) groups excluding carboxylic acids is 1. The molecule has 0 radical (unpaired) electrons. The van der Waals surface area contributed by atoms with Gasteiger partial charge in [-0.3, -0.25) is 14.4 Å². The van der Waals surface area contributed by atoms with Crippen LogP contribution in [0.2, 0.25) is 0 Å². The Morgan fingerprint density at radius 3 is 2.67 bits per heavy atom. The Morgan fingerprint density at radius 1 is 1.17 bits per heavy atom. The lowest BCUT2D eigenvalue weighted by Crippen LogP contribution is -2.38. The van der Waals surface area contributed by atoms with Crippen molar-refractivity contribution in [2.75, 3.05) is 20.2 Å². The van der Waals surface area contributed by atoms with Crippen LogP contribution in [-0.2, 0) is 13.1 Å². The zero-order chi connectivity index (χ0) is 21.3. The quantitative estimate of drug-likeness (QED) is 0.554. The minimum atomic E-state index is 0.0521. The molecule has 0 saturated carbocycles. The highest BCUT2D eigenvalue weighted by Crippen LogP contribution is 2.27. The molecule has 1 atom stereocenters. The van der Waals surface area contributed by atoms with Crippen LogP contribution in [0, 0.1) is 19.8 Å². The van der Waals surface area contributed by atoms with Crippen molar-refractivity contribution in [1.29, 1.82) is 0 Å². The highest BCUT2D eigenvalue weighted by molar-refractivity contribution is 6.01. The number of Topliss-reactive ketones (excluding diaryl/α,β-unsaturated/α-hetero) is 1. The van der Waals surface area contributed by atoms with Gasteiger partial charge in [0.1, 0.15) is 5.75 Å². The van der Waals surface area contributed by atoms with E-state index in [-0.39, 0.29) is 11.7 Å². The van der Waals surface area contributed by atoms with Gasteiger partial charge >= 0.3 is 0 Å². The monoisotopic (exact) mass is 405 g/mol. The Balaban J connectivity index is 1.49. The summed E-state index contributed by atoms with van der Waals surface area (Å²) in [7, 11) is 1.67. The molecular weight excluding hydrogens is 374 g/mol. The second-order valence-corrected chi connectivity index (χ2v) is 8.33. The standard InChI is InChI=1S/C25H31N3O2/c1-5-28-18(3)24(17(2)26-28)16-27-12-6-7-22(15-27)25(29)21-9-8-20-14-23(30-4)11-10-19(20)13-21/h8-11,13-14,22H,5-7,12,15-16H2,1-4H3/t22-/m0/s1. The summed E-state index contributed by atoms with van der Waals surface area (Å²) in [6.45, 7) is 9.98. The number of ketones is 1. The molecular formula is C25H31N3O2. The van der Waals surface area contributed by atoms with Crippen LogP contribution in [-0.4, -0.2) is 40.7 Å². The SMILES string of the molecule is CCn1nc(C)c(CN2CCC[C@H](C(=O)c3ccc4cc(OC)ccc4c3)C2)c1C. The Bertz CT molecular complexity index is 1070. The fourth-order valence-electron chi connectivity index (χ4n) is 4.65. The summed E-state index contributed by atoms with van der Waals surface area (Å²) in [5.74, 6) is 1.15. The summed E-state index contributed by atoms with van der Waals surface area (Å²) in [5, 5.41) is 6.82. The van der Waals surface area contributed by atoms with Crippen molar-refractivity contribution in [3.8, 4) is 5.75 Å². The molecule has 3 aromatic rings. The number of carbonyl (C=O) groups is 1. The van der Waals surface area contributed by atoms with Crippen molar-refractivity contribution >= 4 is 16.6 Å². The van der Waals surface area contributed by atoms with Gasteiger partial charge in [-0.2, -0.15) is 5.10 Å². The number of piperidine rings is 1. The fraction of sp³-hybridized carbons (Fsp3) is 0.440. The second-order valence-electron chi connectivity index (χ2n) is 8.33. The highest BCUT2D eigenvalue weighted by atomic mass is 16.5. The minimum absolute atomic E-state index is 0.0521. The van der Waals surface area contributed by atoms with Gasteiger partial charge in [-0.05, 0) is 69.1 Å². The van der Waals surface area contributed by atoms with Gasteiger partial charge in [-0.1, -0.05) is 18.2 Å². The maximum atomic E-state index is 13.3. The first-order valence-corrected chi connectivity index (χ1v) is 10.9. The zero-order valence-corrected chi connectivity index (χ0v) is 18.4. The molecule has 0 spiro atoms. The van der Waals surface area contributed by atoms with E-state index in [9.17, 15) is 4.79 Å². The maximum Gasteiger partial charge on any atom is 0.167 e. The Labute approximate surface area is 178 Å². The molecule has 5 heteroatoms. The van der Waals surface area contributed by atoms with Crippen LogP contribution in [0.4, 0.5) is 0 Å². The molecule has 0 bridgehead atoms. The third-order valence-electron chi connectivity index (χ3n) is 6.42. The molecule has 0 unspecified atom stereocenters. The first kappa shape index (κ1) is 20.6. The second kappa shape index (κ2) is 8.60. The Hall–Kier alpha value is -2.66. The lowest BCUT2D eigenvalue weighted by Gasteiger charge is -2.32. The number of aromatic nitrogens is 2. The third kappa shape index (κ3) is 3.99. The number of rotatable bonds is 6. The number of likely N-dealkylation sites (tertiary alicyclic amines) is 1. The van der Waals surface area contributed by atoms with Gasteiger partial charge in [-0.15, -0.1) is 0 Å². The lowest BCUT2D eigenvalue weighted by atomic mass is 9.89. The number of aryl methyl sites for hydroxylation is 2. The first-order chi connectivity index (χ1) is 14.5. The molecule has 4 rings (SSSR count). The molecule has 1 aliphatic heterocycles. The molecule has 0 N–H and O–H groups in total. The van der Waals surface area contributed by atoms with Gasteiger partial charge in [0.2, 0.25) is 0 Å². The molecule has 2 heterocycles. The van der Waals surface area contributed by atoms with Gasteiger partial charge < -0.3 is 4.74 Å². The number of methoxy groups -OCH3 is 1. The summed E-state index contributed by atoms with van der Waals surface area (Å²) in [5.41, 5.74) is 4.47. The topological polar surface area (TPSA) is 47.4 Å². The van der Waals surface area contributed by atoms with Crippen molar-refractivity contribution in [1.82, 2.24) is 14.7 Å². The average molecular weight is 406 g/mol. The van der Waals surface area contributed by atoms with E-state index in [4.69, 9.17) is 4.74 Å². The van der Waals surface area contributed by atoms with Crippen molar-refractivity contribution < 1.29 is 9.53 Å². The molecule has 0 aliphatic carbocycles. The van der Waals surface area contributed by atoms with Gasteiger partial charge in [0.15, 0.2) is 5.78 Å². The molecule has 0 amide bonds. The molecule has 5 nitrogen and oxygen atoms in total.